The average molecular weight is 398 g/mol. The van der Waals surface area contributed by atoms with Crippen LogP contribution in [-0.4, -0.2) is 28.8 Å². The van der Waals surface area contributed by atoms with Crippen LogP contribution < -0.4 is 10.6 Å². The van der Waals surface area contributed by atoms with Gasteiger partial charge >= 0.3 is 0 Å². The summed E-state index contributed by atoms with van der Waals surface area (Å²) in [6, 6.07) is 2.40. The minimum atomic E-state index is 0.276. The molecule has 23 heavy (non-hydrogen) atoms. The fourth-order valence-corrected chi connectivity index (χ4v) is 3.91. The van der Waals surface area contributed by atoms with Crippen molar-refractivity contribution in [2.75, 3.05) is 7.05 Å². The maximum absolute atomic E-state index is 4.48. The first kappa shape index (κ1) is 18.0. The van der Waals surface area contributed by atoms with Gasteiger partial charge in [-0.2, -0.15) is 5.10 Å². The molecule has 0 aliphatic heterocycles. The van der Waals surface area contributed by atoms with Crippen molar-refractivity contribution in [2.45, 2.75) is 39.8 Å². The van der Waals surface area contributed by atoms with E-state index in [1.807, 2.05) is 11.7 Å². The van der Waals surface area contributed by atoms with E-state index in [1.165, 1.54) is 16.1 Å². The summed E-state index contributed by atoms with van der Waals surface area (Å²) >= 11 is 5.20. The summed E-state index contributed by atoms with van der Waals surface area (Å²) < 4.78 is 3.07. The minimum Gasteiger partial charge on any atom is -0.354 e. The van der Waals surface area contributed by atoms with Crippen LogP contribution in [-0.2, 0) is 20.0 Å². The normalized spacial score (nSPS) is 13.2. The van der Waals surface area contributed by atoms with Crippen LogP contribution in [0.25, 0.3) is 0 Å². The van der Waals surface area contributed by atoms with E-state index in [1.54, 1.807) is 18.4 Å². The third-order valence-corrected chi connectivity index (χ3v) is 5.53. The third kappa shape index (κ3) is 4.81. The summed E-state index contributed by atoms with van der Waals surface area (Å²) in [4.78, 5) is 5.58. The number of aromatic nitrogens is 2. The quantitative estimate of drug-likeness (QED) is 0.601. The number of hydrogen-bond acceptors (Lipinski definition) is 3. The van der Waals surface area contributed by atoms with Crippen molar-refractivity contribution in [1.82, 2.24) is 20.4 Å². The number of hydrogen-bond donors (Lipinski definition) is 2. The number of nitrogens with zero attached hydrogens (tertiary/aromatic N) is 3. The lowest BCUT2D eigenvalue weighted by Crippen LogP contribution is -2.42. The van der Waals surface area contributed by atoms with E-state index in [0.717, 1.165) is 29.1 Å². The molecule has 0 amide bonds. The molecule has 0 bridgehead atoms. The van der Waals surface area contributed by atoms with Crippen molar-refractivity contribution < 1.29 is 0 Å². The Morgan fingerprint density at radius 2 is 2.22 bits per heavy atom. The molecule has 0 fully saturated rings. The maximum atomic E-state index is 4.48. The van der Waals surface area contributed by atoms with Gasteiger partial charge in [-0.1, -0.05) is 0 Å². The van der Waals surface area contributed by atoms with Crippen molar-refractivity contribution in [3.63, 3.8) is 0 Å². The number of thiophene rings is 1. The highest BCUT2D eigenvalue weighted by Crippen LogP contribution is 2.19. The molecule has 0 aromatic carbocycles. The van der Waals surface area contributed by atoms with Crippen molar-refractivity contribution in [3.8, 4) is 0 Å². The van der Waals surface area contributed by atoms with Gasteiger partial charge in [0.1, 0.15) is 0 Å². The third-order valence-electron chi connectivity index (χ3n) is 3.83. The number of rotatable bonds is 5. The van der Waals surface area contributed by atoms with Crippen LogP contribution in [0.1, 0.15) is 28.8 Å². The first-order valence-electron chi connectivity index (χ1n) is 7.60. The predicted octanol–water partition coefficient (Wildman–Crippen LogP) is 3.16. The standard InChI is InChI=1S/C16H24BrN5S/c1-10(6-15-11(2)21-22(5)12(15)3)20-16(18-4)19-8-14-7-13(17)9-23-14/h7,9-10H,6,8H2,1-5H3,(H2,18,19,20). The maximum Gasteiger partial charge on any atom is 0.191 e. The molecule has 0 spiro atoms. The van der Waals surface area contributed by atoms with Crippen LogP contribution in [0.15, 0.2) is 20.9 Å². The number of nitrogens with one attached hydrogen (secondary N) is 2. The Kier molecular flexibility index (Phi) is 6.24. The Labute approximate surface area is 150 Å². The number of aliphatic imine (C=N–C) groups is 1. The van der Waals surface area contributed by atoms with Crippen molar-refractivity contribution in [1.29, 1.82) is 0 Å². The second-order valence-corrected chi connectivity index (χ2v) is 7.59. The first-order chi connectivity index (χ1) is 10.9. The van der Waals surface area contributed by atoms with E-state index < -0.39 is 0 Å². The van der Waals surface area contributed by atoms with Crippen LogP contribution in [0, 0.1) is 13.8 Å². The lowest BCUT2D eigenvalue weighted by Gasteiger charge is -2.18. The molecule has 126 valence electrons. The first-order valence-corrected chi connectivity index (χ1v) is 9.27. The molecule has 0 radical (unpaired) electrons. The summed E-state index contributed by atoms with van der Waals surface area (Å²) in [5.74, 6) is 0.821. The number of halogens is 1. The zero-order chi connectivity index (χ0) is 17.0. The van der Waals surface area contributed by atoms with Crippen molar-refractivity contribution in [3.05, 3.63) is 37.7 Å². The Hall–Kier alpha value is -1.34. The molecular weight excluding hydrogens is 374 g/mol. The highest BCUT2D eigenvalue weighted by molar-refractivity contribution is 9.10. The smallest absolute Gasteiger partial charge is 0.191 e. The SMILES string of the molecule is CN=C(NCc1cc(Br)cs1)NC(C)Cc1c(C)nn(C)c1C. The zero-order valence-electron chi connectivity index (χ0n) is 14.3. The van der Waals surface area contributed by atoms with E-state index in [2.05, 4.69) is 68.9 Å². The van der Waals surface area contributed by atoms with E-state index in [-0.39, 0.29) is 6.04 Å². The Balaban J connectivity index is 1.90. The molecule has 2 rings (SSSR count). The van der Waals surface area contributed by atoms with Gasteiger partial charge in [0.25, 0.3) is 0 Å². The molecule has 0 aliphatic carbocycles. The van der Waals surface area contributed by atoms with Crippen LogP contribution in [0.2, 0.25) is 0 Å². The van der Waals surface area contributed by atoms with Gasteiger partial charge in [0, 0.05) is 40.6 Å². The summed E-state index contributed by atoms with van der Waals surface area (Å²) in [6.07, 6.45) is 0.927. The molecular formula is C16H24BrN5S. The molecule has 7 heteroatoms. The highest BCUT2D eigenvalue weighted by atomic mass is 79.9. The molecule has 2 N–H and O–H groups in total. The molecule has 2 aromatic heterocycles. The fraction of sp³-hybridized carbons (Fsp3) is 0.500. The Morgan fingerprint density at radius 3 is 2.74 bits per heavy atom. The highest BCUT2D eigenvalue weighted by Gasteiger charge is 2.14. The van der Waals surface area contributed by atoms with Gasteiger partial charge in [-0.25, -0.2) is 0 Å². The molecule has 2 aromatic rings. The van der Waals surface area contributed by atoms with Crippen molar-refractivity contribution in [2.24, 2.45) is 12.0 Å². The van der Waals surface area contributed by atoms with E-state index in [9.17, 15) is 0 Å². The molecule has 5 nitrogen and oxygen atoms in total. The summed E-state index contributed by atoms with van der Waals surface area (Å²) in [5.41, 5.74) is 3.64. The average Bonchev–Trinajstić information content (AvgIpc) is 3.02. The predicted molar refractivity (Wildman–Crippen MR) is 101 cm³/mol. The molecule has 0 saturated heterocycles. The van der Waals surface area contributed by atoms with Crippen LogP contribution in [0.4, 0.5) is 0 Å². The monoisotopic (exact) mass is 397 g/mol. The number of aryl methyl sites for hydroxylation is 2. The largest absolute Gasteiger partial charge is 0.354 e. The van der Waals surface area contributed by atoms with Gasteiger partial charge in [0.05, 0.1) is 12.2 Å². The van der Waals surface area contributed by atoms with Crippen molar-refractivity contribution >= 4 is 33.2 Å². The van der Waals surface area contributed by atoms with E-state index >= 15 is 0 Å². The Morgan fingerprint density at radius 1 is 1.48 bits per heavy atom. The van der Waals surface area contributed by atoms with Crippen LogP contribution in [0.5, 0.6) is 0 Å². The molecule has 0 aliphatic rings. The molecule has 2 heterocycles. The Bertz CT molecular complexity index is 689. The summed E-state index contributed by atoms with van der Waals surface area (Å²) in [7, 11) is 3.79. The minimum absolute atomic E-state index is 0.276. The van der Waals surface area contributed by atoms with E-state index in [0.29, 0.717) is 0 Å². The van der Waals surface area contributed by atoms with Gasteiger partial charge in [0.15, 0.2) is 5.96 Å². The second kappa shape index (κ2) is 7.97. The zero-order valence-corrected chi connectivity index (χ0v) is 16.7. The summed E-state index contributed by atoms with van der Waals surface area (Å²) in [5, 5.41) is 13.4. The molecule has 1 atom stereocenters. The number of guanidine groups is 1. The van der Waals surface area contributed by atoms with Crippen LogP contribution >= 0.6 is 27.3 Å². The van der Waals surface area contributed by atoms with Gasteiger partial charge < -0.3 is 10.6 Å². The topological polar surface area (TPSA) is 54.2 Å². The van der Waals surface area contributed by atoms with Crippen LogP contribution in [0.3, 0.4) is 0 Å². The lowest BCUT2D eigenvalue weighted by atomic mass is 10.1. The second-order valence-electron chi connectivity index (χ2n) is 5.68. The lowest BCUT2D eigenvalue weighted by molar-refractivity contribution is 0.636. The van der Waals surface area contributed by atoms with Gasteiger partial charge in [0.2, 0.25) is 0 Å². The van der Waals surface area contributed by atoms with E-state index in [4.69, 9.17) is 0 Å². The molecule has 1 unspecified atom stereocenters. The van der Waals surface area contributed by atoms with Gasteiger partial charge in [-0.05, 0) is 54.8 Å². The van der Waals surface area contributed by atoms with Gasteiger partial charge in [-0.3, -0.25) is 9.67 Å². The summed E-state index contributed by atoms with van der Waals surface area (Å²) in [6.45, 7) is 7.12. The molecule has 0 saturated carbocycles. The fourth-order valence-electron chi connectivity index (χ4n) is 2.52. The van der Waals surface area contributed by atoms with Gasteiger partial charge in [-0.15, -0.1) is 11.3 Å².